The second kappa shape index (κ2) is 11.3. The Kier molecular flexibility index (Phi) is 11.1. The first kappa shape index (κ1) is 19.6. The number of hydrogen-bond donors (Lipinski definition) is 2. The summed E-state index contributed by atoms with van der Waals surface area (Å²) in [5.41, 5.74) is 5.74. The summed E-state index contributed by atoms with van der Waals surface area (Å²) in [4.78, 5) is 11.6. The lowest BCUT2D eigenvalue weighted by molar-refractivity contribution is -0.123. The average molecular weight is 309 g/mol. The lowest BCUT2D eigenvalue weighted by Gasteiger charge is -2.21. The van der Waals surface area contributed by atoms with Crippen LogP contribution in [0.5, 0.6) is 0 Å². The summed E-state index contributed by atoms with van der Waals surface area (Å²) in [6.45, 7) is 7.74. The highest BCUT2D eigenvalue weighted by molar-refractivity contribution is 5.85. The van der Waals surface area contributed by atoms with Crippen LogP contribution in [0.1, 0.15) is 33.1 Å². The van der Waals surface area contributed by atoms with Crippen molar-refractivity contribution >= 4 is 18.3 Å². The molecular weight excluding hydrogens is 280 g/mol. The van der Waals surface area contributed by atoms with Crippen LogP contribution in [0, 0.1) is 11.8 Å². The van der Waals surface area contributed by atoms with Gasteiger partial charge in [0, 0.05) is 33.0 Å². The fourth-order valence-electron chi connectivity index (χ4n) is 1.97. The third-order valence-electron chi connectivity index (χ3n) is 3.48. The average Bonchev–Trinajstić information content (AvgIpc) is 2.42. The van der Waals surface area contributed by atoms with Crippen molar-refractivity contribution in [3.05, 3.63) is 0 Å². The normalized spacial score (nSPS) is 17.6. The minimum absolute atomic E-state index is 0. The first-order valence-electron chi connectivity index (χ1n) is 7.30. The van der Waals surface area contributed by atoms with E-state index >= 15 is 0 Å². The van der Waals surface area contributed by atoms with Crippen LogP contribution in [-0.4, -0.2) is 44.9 Å². The van der Waals surface area contributed by atoms with Crippen molar-refractivity contribution in [2.24, 2.45) is 17.6 Å². The molecule has 20 heavy (non-hydrogen) atoms. The predicted molar refractivity (Wildman–Crippen MR) is 82.1 cm³/mol. The van der Waals surface area contributed by atoms with Gasteiger partial charge < -0.3 is 20.5 Å². The van der Waals surface area contributed by atoms with Gasteiger partial charge in [0.2, 0.25) is 5.91 Å². The molecule has 1 heterocycles. The maximum Gasteiger partial charge on any atom is 0.237 e. The first-order chi connectivity index (χ1) is 9.11. The monoisotopic (exact) mass is 308 g/mol. The Bertz CT molecular complexity index is 259. The fraction of sp³-hybridized carbons (Fsp3) is 0.929. The molecule has 0 bridgehead atoms. The van der Waals surface area contributed by atoms with Crippen LogP contribution >= 0.6 is 12.4 Å². The summed E-state index contributed by atoms with van der Waals surface area (Å²) in [7, 11) is 0. The van der Waals surface area contributed by atoms with Crippen molar-refractivity contribution in [1.82, 2.24) is 5.32 Å². The van der Waals surface area contributed by atoms with Crippen molar-refractivity contribution in [2.75, 3.05) is 33.0 Å². The van der Waals surface area contributed by atoms with E-state index < -0.39 is 6.04 Å². The Morgan fingerprint density at radius 3 is 2.65 bits per heavy atom. The van der Waals surface area contributed by atoms with Crippen LogP contribution in [-0.2, 0) is 14.3 Å². The topological polar surface area (TPSA) is 73.6 Å². The number of amides is 1. The standard InChI is InChI=1S/C14H28N2O3.ClH/c1-11(2)13(15)14(17)16-6-3-7-19-10-12-4-8-18-9-5-12;/h11-13H,3-10,15H2,1-2H3,(H,16,17);1H/t13-;/m0./s1. The second-order valence-corrected chi connectivity index (χ2v) is 5.55. The Hall–Kier alpha value is -0.360. The van der Waals surface area contributed by atoms with E-state index in [4.69, 9.17) is 15.2 Å². The molecule has 5 nitrogen and oxygen atoms in total. The number of halogens is 1. The first-order valence-corrected chi connectivity index (χ1v) is 7.30. The van der Waals surface area contributed by atoms with Gasteiger partial charge in [0.25, 0.3) is 0 Å². The molecule has 0 aliphatic carbocycles. The minimum Gasteiger partial charge on any atom is -0.381 e. The molecule has 0 aromatic rings. The number of hydrogen-bond acceptors (Lipinski definition) is 4. The molecule has 1 saturated heterocycles. The summed E-state index contributed by atoms with van der Waals surface area (Å²) in [5.74, 6) is 0.738. The van der Waals surface area contributed by atoms with E-state index in [0.29, 0.717) is 19.1 Å². The summed E-state index contributed by atoms with van der Waals surface area (Å²) in [5, 5.41) is 2.84. The van der Waals surface area contributed by atoms with Crippen LogP contribution in [0.25, 0.3) is 0 Å². The quantitative estimate of drug-likeness (QED) is 0.664. The molecule has 6 heteroatoms. The molecule has 1 aliphatic heterocycles. The van der Waals surface area contributed by atoms with E-state index in [1.807, 2.05) is 13.8 Å². The fourth-order valence-corrected chi connectivity index (χ4v) is 1.97. The van der Waals surface area contributed by atoms with Gasteiger partial charge in [-0.15, -0.1) is 12.4 Å². The molecule has 3 N–H and O–H groups in total. The number of rotatable bonds is 8. The molecule has 1 aliphatic rings. The van der Waals surface area contributed by atoms with Crippen molar-refractivity contribution in [2.45, 2.75) is 39.2 Å². The van der Waals surface area contributed by atoms with Crippen molar-refractivity contribution in [3.8, 4) is 0 Å². The molecule has 1 fully saturated rings. The van der Waals surface area contributed by atoms with E-state index in [9.17, 15) is 4.79 Å². The zero-order chi connectivity index (χ0) is 14.1. The molecule has 120 valence electrons. The highest BCUT2D eigenvalue weighted by Gasteiger charge is 2.16. The van der Waals surface area contributed by atoms with Gasteiger partial charge in [-0.25, -0.2) is 0 Å². The molecular formula is C14H29ClN2O3. The van der Waals surface area contributed by atoms with Gasteiger partial charge in [-0.1, -0.05) is 13.8 Å². The van der Waals surface area contributed by atoms with Gasteiger partial charge in [0.15, 0.2) is 0 Å². The van der Waals surface area contributed by atoms with Gasteiger partial charge in [-0.3, -0.25) is 4.79 Å². The Morgan fingerprint density at radius 2 is 2.05 bits per heavy atom. The third-order valence-corrected chi connectivity index (χ3v) is 3.48. The van der Waals surface area contributed by atoms with Gasteiger partial charge >= 0.3 is 0 Å². The molecule has 0 saturated carbocycles. The number of nitrogens with two attached hydrogens (primary N) is 1. The van der Waals surface area contributed by atoms with E-state index in [1.54, 1.807) is 0 Å². The maximum atomic E-state index is 11.6. The summed E-state index contributed by atoms with van der Waals surface area (Å²) in [6.07, 6.45) is 3.03. The zero-order valence-corrected chi connectivity index (χ0v) is 13.4. The molecule has 0 spiro atoms. The summed E-state index contributed by atoms with van der Waals surface area (Å²) >= 11 is 0. The lowest BCUT2D eigenvalue weighted by atomic mass is 10.0. The van der Waals surface area contributed by atoms with Crippen LogP contribution in [0.15, 0.2) is 0 Å². The van der Waals surface area contributed by atoms with Crippen molar-refractivity contribution in [3.63, 3.8) is 0 Å². The largest absolute Gasteiger partial charge is 0.381 e. The van der Waals surface area contributed by atoms with Crippen LogP contribution in [0.4, 0.5) is 0 Å². The number of ether oxygens (including phenoxy) is 2. The SMILES string of the molecule is CC(C)[C@H](N)C(=O)NCCCOCC1CCOCC1.Cl. The molecule has 0 unspecified atom stereocenters. The van der Waals surface area contributed by atoms with Crippen molar-refractivity contribution < 1.29 is 14.3 Å². The van der Waals surface area contributed by atoms with E-state index in [0.717, 1.165) is 39.1 Å². The van der Waals surface area contributed by atoms with Gasteiger partial charge in [0.05, 0.1) is 6.04 Å². The van der Waals surface area contributed by atoms with Gasteiger partial charge in [0.1, 0.15) is 0 Å². The summed E-state index contributed by atoms with van der Waals surface area (Å²) < 4.78 is 10.9. The predicted octanol–water partition coefficient (Wildman–Crippen LogP) is 1.34. The van der Waals surface area contributed by atoms with Crippen molar-refractivity contribution in [1.29, 1.82) is 0 Å². The molecule has 0 radical (unpaired) electrons. The Labute approximate surface area is 128 Å². The molecule has 0 aromatic heterocycles. The van der Waals surface area contributed by atoms with E-state index in [1.165, 1.54) is 0 Å². The maximum absolute atomic E-state index is 11.6. The molecule has 0 aromatic carbocycles. The number of carbonyl (C=O) groups excluding carboxylic acids is 1. The van der Waals surface area contributed by atoms with Crippen LogP contribution < -0.4 is 11.1 Å². The number of carbonyl (C=O) groups is 1. The van der Waals surface area contributed by atoms with Gasteiger partial charge in [-0.2, -0.15) is 0 Å². The molecule has 1 atom stereocenters. The van der Waals surface area contributed by atoms with E-state index in [2.05, 4.69) is 5.32 Å². The lowest BCUT2D eigenvalue weighted by Crippen LogP contribution is -2.44. The highest BCUT2D eigenvalue weighted by Crippen LogP contribution is 2.14. The Balaban J connectivity index is 0.00000361. The van der Waals surface area contributed by atoms with Crippen LogP contribution in [0.3, 0.4) is 0 Å². The summed E-state index contributed by atoms with van der Waals surface area (Å²) in [6, 6.07) is -0.414. The second-order valence-electron chi connectivity index (χ2n) is 5.55. The zero-order valence-electron chi connectivity index (χ0n) is 12.6. The minimum atomic E-state index is -0.414. The highest BCUT2D eigenvalue weighted by atomic mass is 35.5. The third kappa shape index (κ3) is 8.04. The van der Waals surface area contributed by atoms with E-state index in [-0.39, 0.29) is 24.2 Å². The smallest absolute Gasteiger partial charge is 0.237 e. The molecule has 1 rings (SSSR count). The number of nitrogens with one attached hydrogen (secondary N) is 1. The molecule has 1 amide bonds. The Morgan fingerprint density at radius 1 is 1.40 bits per heavy atom. The van der Waals surface area contributed by atoms with Gasteiger partial charge in [-0.05, 0) is 31.1 Å². The van der Waals surface area contributed by atoms with Crippen LogP contribution in [0.2, 0.25) is 0 Å².